The van der Waals surface area contributed by atoms with E-state index in [0.717, 1.165) is 0 Å². The third-order valence-corrected chi connectivity index (χ3v) is 3.35. The van der Waals surface area contributed by atoms with E-state index in [9.17, 15) is 14.5 Å². The molecular formula is C14H11BrFNO4. The van der Waals surface area contributed by atoms with Gasteiger partial charge in [-0.1, -0.05) is 15.9 Å². The SMILES string of the molecule is COc1ccc(Oc2ccc(F)cc2CBr)c([N+](=O)[O-])c1. The zero-order valence-electron chi connectivity index (χ0n) is 11.0. The quantitative estimate of drug-likeness (QED) is 0.452. The number of nitro benzene ring substituents is 1. The van der Waals surface area contributed by atoms with Crippen molar-refractivity contribution in [2.45, 2.75) is 5.33 Å². The van der Waals surface area contributed by atoms with Crippen LogP contribution in [0.25, 0.3) is 0 Å². The fourth-order valence-electron chi connectivity index (χ4n) is 1.72. The zero-order chi connectivity index (χ0) is 15.4. The van der Waals surface area contributed by atoms with Crippen LogP contribution >= 0.6 is 15.9 Å². The molecule has 0 radical (unpaired) electrons. The zero-order valence-corrected chi connectivity index (χ0v) is 12.6. The maximum Gasteiger partial charge on any atom is 0.315 e. The minimum Gasteiger partial charge on any atom is -0.496 e. The van der Waals surface area contributed by atoms with E-state index in [-0.39, 0.29) is 11.4 Å². The van der Waals surface area contributed by atoms with Gasteiger partial charge in [0.05, 0.1) is 18.1 Å². The Hall–Kier alpha value is -2.15. The normalized spacial score (nSPS) is 10.2. The van der Waals surface area contributed by atoms with Crippen molar-refractivity contribution < 1.29 is 18.8 Å². The average Bonchev–Trinajstić information content (AvgIpc) is 2.49. The van der Waals surface area contributed by atoms with Crippen LogP contribution in [0.4, 0.5) is 10.1 Å². The van der Waals surface area contributed by atoms with Gasteiger partial charge in [-0.05, 0) is 30.3 Å². The molecule has 2 aromatic rings. The van der Waals surface area contributed by atoms with Crippen molar-refractivity contribution >= 4 is 21.6 Å². The number of hydrogen-bond donors (Lipinski definition) is 0. The number of halogens is 2. The summed E-state index contributed by atoms with van der Waals surface area (Å²) in [6.07, 6.45) is 0. The molecule has 0 spiro atoms. The molecule has 0 amide bonds. The van der Waals surface area contributed by atoms with Crippen LogP contribution in [0, 0.1) is 15.9 Å². The highest BCUT2D eigenvalue weighted by Gasteiger charge is 2.18. The van der Waals surface area contributed by atoms with Crippen LogP contribution in [-0.2, 0) is 5.33 Å². The van der Waals surface area contributed by atoms with Crippen molar-refractivity contribution in [3.8, 4) is 17.2 Å². The van der Waals surface area contributed by atoms with Gasteiger partial charge in [-0.15, -0.1) is 0 Å². The number of nitro groups is 1. The minimum atomic E-state index is -0.560. The first kappa shape index (κ1) is 15.2. The molecule has 0 bridgehead atoms. The molecular weight excluding hydrogens is 345 g/mol. The number of nitrogens with zero attached hydrogens (tertiary/aromatic N) is 1. The van der Waals surface area contributed by atoms with E-state index in [4.69, 9.17) is 9.47 Å². The summed E-state index contributed by atoms with van der Waals surface area (Å²) in [7, 11) is 1.42. The second-order valence-corrected chi connectivity index (χ2v) is 4.64. The van der Waals surface area contributed by atoms with Crippen molar-refractivity contribution in [3.05, 3.63) is 57.9 Å². The molecule has 5 nitrogen and oxygen atoms in total. The first-order chi connectivity index (χ1) is 10.0. The van der Waals surface area contributed by atoms with Crippen molar-refractivity contribution in [2.75, 3.05) is 7.11 Å². The lowest BCUT2D eigenvalue weighted by molar-refractivity contribution is -0.385. The first-order valence-corrected chi connectivity index (χ1v) is 7.02. The molecule has 110 valence electrons. The Bertz CT molecular complexity index is 678. The van der Waals surface area contributed by atoms with Gasteiger partial charge in [0.1, 0.15) is 17.3 Å². The summed E-state index contributed by atoms with van der Waals surface area (Å²) in [5, 5.41) is 11.5. The third kappa shape index (κ3) is 3.49. The van der Waals surface area contributed by atoms with E-state index in [1.165, 1.54) is 37.4 Å². The van der Waals surface area contributed by atoms with Crippen LogP contribution in [-0.4, -0.2) is 12.0 Å². The second-order valence-electron chi connectivity index (χ2n) is 4.08. The summed E-state index contributed by atoms with van der Waals surface area (Å²) >= 11 is 3.23. The molecule has 0 atom stereocenters. The van der Waals surface area contributed by atoms with E-state index < -0.39 is 10.7 Å². The van der Waals surface area contributed by atoms with E-state index in [1.54, 1.807) is 6.07 Å². The molecule has 0 heterocycles. The molecule has 0 unspecified atom stereocenters. The van der Waals surface area contributed by atoms with Gasteiger partial charge in [-0.3, -0.25) is 10.1 Å². The lowest BCUT2D eigenvalue weighted by Crippen LogP contribution is -1.96. The van der Waals surface area contributed by atoms with Crippen LogP contribution in [0.5, 0.6) is 17.2 Å². The fourth-order valence-corrected chi connectivity index (χ4v) is 2.16. The van der Waals surface area contributed by atoms with Gasteiger partial charge in [0, 0.05) is 10.9 Å². The highest BCUT2D eigenvalue weighted by molar-refractivity contribution is 9.08. The van der Waals surface area contributed by atoms with Crippen LogP contribution in [0.15, 0.2) is 36.4 Å². The number of hydrogen-bond acceptors (Lipinski definition) is 4. The first-order valence-electron chi connectivity index (χ1n) is 5.90. The molecule has 0 saturated carbocycles. The smallest absolute Gasteiger partial charge is 0.315 e. The van der Waals surface area contributed by atoms with Gasteiger partial charge in [0.15, 0.2) is 0 Å². The summed E-state index contributed by atoms with van der Waals surface area (Å²) in [5.41, 5.74) is 0.333. The minimum absolute atomic E-state index is 0.0645. The molecule has 2 rings (SSSR count). The lowest BCUT2D eigenvalue weighted by Gasteiger charge is -2.10. The van der Waals surface area contributed by atoms with Gasteiger partial charge >= 0.3 is 5.69 Å². The topological polar surface area (TPSA) is 61.6 Å². The predicted molar refractivity (Wildman–Crippen MR) is 78.8 cm³/mol. The Kier molecular flexibility index (Phi) is 4.74. The van der Waals surface area contributed by atoms with Crippen LogP contribution < -0.4 is 9.47 Å². The van der Waals surface area contributed by atoms with Gasteiger partial charge < -0.3 is 9.47 Å². The van der Waals surface area contributed by atoms with E-state index in [1.807, 2.05) is 0 Å². The Balaban J connectivity index is 2.42. The van der Waals surface area contributed by atoms with Gasteiger partial charge in [0.25, 0.3) is 0 Å². The molecule has 21 heavy (non-hydrogen) atoms. The molecule has 0 aliphatic carbocycles. The lowest BCUT2D eigenvalue weighted by atomic mass is 10.2. The van der Waals surface area contributed by atoms with Crippen LogP contribution in [0.1, 0.15) is 5.56 Å². The summed E-state index contributed by atoms with van der Waals surface area (Å²) < 4.78 is 23.7. The van der Waals surface area contributed by atoms with E-state index in [0.29, 0.717) is 22.4 Å². The van der Waals surface area contributed by atoms with Gasteiger partial charge in [-0.25, -0.2) is 4.39 Å². The highest BCUT2D eigenvalue weighted by Crippen LogP contribution is 2.36. The highest BCUT2D eigenvalue weighted by atomic mass is 79.9. The fraction of sp³-hybridized carbons (Fsp3) is 0.143. The number of rotatable bonds is 5. The Morgan fingerprint density at radius 3 is 2.57 bits per heavy atom. The van der Waals surface area contributed by atoms with Gasteiger partial charge in [-0.2, -0.15) is 0 Å². The Morgan fingerprint density at radius 2 is 1.95 bits per heavy atom. The molecule has 0 N–H and O–H groups in total. The molecule has 7 heteroatoms. The number of ether oxygens (including phenoxy) is 2. The van der Waals surface area contributed by atoms with Crippen molar-refractivity contribution in [1.29, 1.82) is 0 Å². The molecule has 0 saturated heterocycles. The van der Waals surface area contributed by atoms with Crippen LogP contribution in [0.2, 0.25) is 0 Å². The Labute approximate surface area is 128 Å². The third-order valence-electron chi connectivity index (χ3n) is 2.75. The van der Waals surface area contributed by atoms with Crippen molar-refractivity contribution in [1.82, 2.24) is 0 Å². The maximum atomic E-state index is 13.2. The largest absolute Gasteiger partial charge is 0.496 e. The molecule has 0 fully saturated rings. The van der Waals surface area contributed by atoms with Crippen molar-refractivity contribution in [3.63, 3.8) is 0 Å². The summed E-state index contributed by atoms with van der Waals surface area (Å²) in [4.78, 5) is 10.5. The standard InChI is InChI=1S/C14H11BrFNO4/c1-20-11-3-5-14(12(7-11)17(18)19)21-13-4-2-10(16)6-9(13)8-15/h2-7H,8H2,1H3. The summed E-state index contributed by atoms with van der Waals surface area (Å²) in [6, 6.07) is 8.24. The van der Waals surface area contributed by atoms with E-state index >= 15 is 0 Å². The second kappa shape index (κ2) is 6.53. The monoisotopic (exact) mass is 355 g/mol. The number of benzene rings is 2. The maximum absolute atomic E-state index is 13.2. The van der Waals surface area contributed by atoms with Crippen LogP contribution in [0.3, 0.4) is 0 Å². The predicted octanol–water partition coefficient (Wildman–Crippen LogP) is 4.43. The number of alkyl halides is 1. The molecule has 0 aliphatic heterocycles. The summed E-state index contributed by atoms with van der Waals surface area (Å²) in [6.45, 7) is 0. The molecule has 0 aliphatic rings. The average molecular weight is 356 g/mol. The van der Waals surface area contributed by atoms with E-state index in [2.05, 4.69) is 15.9 Å². The Morgan fingerprint density at radius 1 is 1.24 bits per heavy atom. The molecule has 2 aromatic carbocycles. The number of methoxy groups -OCH3 is 1. The van der Waals surface area contributed by atoms with Gasteiger partial charge in [0.2, 0.25) is 5.75 Å². The summed E-state index contributed by atoms with van der Waals surface area (Å²) in [5.74, 6) is 0.367. The van der Waals surface area contributed by atoms with Crippen molar-refractivity contribution in [2.24, 2.45) is 0 Å². The molecule has 0 aromatic heterocycles.